The van der Waals surface area contributed by atoms with Crippen molar-refractivity contribution in [3.8, 4) is 11.3 Å². The first-order valence-corrected chi connectivity index (χ1v) is 10.7. The fourth-order valence-corrected chi connectivity index (χ4v) is 5.11. The van der Waals surface area contributed by atoms with E-state index in [4.69, 9.17) is 4.98 Å². The quantitative estimate of drug-likeness (QED) is 0.605. The Kier molecular flexibility index (Phi) is 4.16. The van der Waals surface area contributed by atoms with Crippen molar-refractivity contribution < 1.29 is 0 Å². The number of nitrogens with zero attached hydrogens (tertiary/aromatic N) is 2. The van der Waals surface area contributed by atoms with Crippen molar-refractivity contribution in [1.29, 1.82) is 0 Å². The second kappa shape index (κ2) is 6.66. The summed E-state index contributed by atoms with van der Waals surface area (Å²) in [6.07, 6.45) is 9.20. The summed E-state index contributed by atoms with van der Waals surface area (Å²) >= 11 is 1.29. The first-order valence-electron chi connectivity index (χ1n) is 9.88. The largest absolute Gasteiger partial charge is 0.309 e. The Balaban J connectivity index is 1.49. The van der Waals surface area contributed by atoms with Gasteiger partial charge in [0.15, 0.2) is 0 Å². The molecule has 2 aliphatic rings. The third kappa shape index (κ3) is 3.11. The molecule has 2 aromatic heterocycles. The van der Waals surface area contributed by atoms with Crippen LogP contribution in [-0.4, -0.2) is 9.55 Å². The first-order chi connectivity index (χ1) is 12.8. The number of benzene rings is 1. The average molecular weight is 365 g/mol. The summed E-state index contributed by atoms with van der Waals surface area (Å²) in [4.78, 5) is 18.2. The van der Waals surface area contributed by atoms with Gasteiger partial charge in [-0.1, -0.05) is 48.8 Å². The molecule has 2 fully saturated rings. The molecule has 5 rings (SSSR count). The van der Waals surface area contributed by atoms with Crippen LogP contribution >= 0.6 is 11.3 Å². The van der Waals surface area contributed by atoms with Crippen LogP contribution in [0.15, 0.2) is 41.2 Å². The highest BCUT2D eigenvalue weighted by atomic mass is 32.1. The van der Waals surface area contributed by atoms with Gasteiger partial charge in [-0.15, -0.1) is 0 Å². The van der Waals surface area contributed by atoms with Gasteiger partial charge >= 0.3 is 4.87 Å². The number of rotatable bonds is 4. The van der Waals surface area contributed by atoms with Crippen molar-refractivity contribution in [3.05, 3.63) is 51.6 Å². The minimum atomic E-state index is 0.132. The average Bonchev–Trinajstić information content (AvgIpc) is 3.46. The lowest BCUT2D eigenvalue weighted by molar-refractivity contribution is 0.443. The Hall–Kier alpha value is -1.94. The van der Waals surface area contributed by atoms with Crippen molar-refractivity contribution in [3.63, 3.8) is 0 Å². The molecule has 2 aliphatic carbocycles. The predicted molar refractivity (Wildman–Crippen MR) is 108 cm³/mol. The first kappa shape index (κ1) is 16.2. The monoisotopic (exact) mass is 364 g/mol. The molecule has 4 heteroatoms. The molecule has 3 aromatic rings. The molecular weight excluding hydrogens is 340 g/mol. The summed E-state index contributed by atoms with van der Waals surface area (Å²) < 4.78 is 1.92. The van der Waals surface area contributed by atoms with E-state index in [9.17, 15) is 4.79 Å². The second-order valence-corrected chi connectivity index (χ2v) is 8.84. The van der Waals surface area contributed by atoms with Crippen molar-refractivity contribution in [1.82, 2.24) is 9.55 Å². The number of thiazole rings is 1. The van der Waals surface area contributed by atoms with Crippen LogP contribution in [-0.2, 0) is 6.54 Å². The van der Waals surface area contributed by atoms with E-state index in [0.29, 0.717) is 11.8 Å². The molecule has 2 saturated carbocycles. The summed E-state index contributed by atoms with van der Waals surface area (Å²) in [5.41, 5.74) is 4.60. The predicted octanol–water partition coefficient (Wildman–Crippen LogP) is 5.58. The van der Waals surface area contributed by atoms with Crippen molar-refractivity contribution in [2.45, 2.75) is 57.4 Å². The Morgan fingerprint density at radius 3 is 2.69 bits per heavy atom. The SMILES string of the molecule is O=c1sc2nc(-c3cccc(C4CCCCC4)c3)ccc2n1CC1CC1. The Bertz CT molecular complexity index is 993. The molecule has 0 N–H and O–H groups in total. The van der Waals surface area contributed by atoms with Gasteiger partial charge < -0.3 is 0 Å². The molecule has 1 aromatic carbocycles. The van der Waals surface area contributed by atoms with Gasteiger partial charge in [0.25, 0.3) is 0 Å². The normalized spacial score (nSPS) is 18.5. The lowest BCUT2D eigenvalue weighted by Crippen LogP contribution is -2.13. The van der Waals surface area contributed by atoms with Crippen molar-refractivity contribution in [2.24, 2.45) is 5.92 Å². The van der Waals surface area contributed by atoms with E-state index < -0.39 is 0 Å². The summed E-state index contributed by atoms with van der Waals surface area (Å²) in [5, 5.41) is 0. The van der Waals surface area contributed by atoms with E-state index >= 15 is 0 Å². The van der Waals surface area contributed by atoms with Crippen LogP contribution in [0, 0.1) is 5.92 Å². The third-order valence-electron chi connectivity index (χ3n) is 5.93. The Morgan fingerprint density at radius 2 is 1.88 bits per heavy atom. The molecule has 0 saturated heterocycles. The molecular formula is C22H24N2OS. The topological polar surface area (TPSA) is 34.9 Å². The molecule has 3 nitrogen and oxygen atoms in total. The molecule has 2 heterocycles. The maximum Gasteiger partial charge on any atom is 0.309 e. The zero-order valence-corrected chi connectivity index (χ0v) is 15.8. The van der Waals surface area contributed by atoms with Gasteiger partial charge in [0.05, 0.1) is 11.2 Å². The minimum absolute atomic E-state index is 0.132. The van der Waals surface area contributed by atoms with Crippen LogP contribution in [0.1, 0.15) is 56.4 Å². The zero-order chi connectivity index (χ0) is 17.5. The van der Waals surface area contributed by atoms with Crippen molar-refractivity contribution in [2.75, 3.05) is 0 Å². The van der Waals surface area contributed by atoms with E-state index in [1.54, 1.807) is 0 Å². The molecule has 26 heavy (non-hydrogen) atoms. The smallest absolute Gasteiger partial charge is 0.297 e. The van der Waals surface area contributed by atoms with Crippen LogP contribution < -0.4 is 4.87 Å². The lowest BCUT2D eigenvalue weighted by atomic mass is 9.83. The van der Waals surface area contributed by atoms with E-state index in [2.05, 4.69) is 36.4 Å². The summed E-state index contributed by atoms with van der Waals surface area (Å²) in [6, 6.07) is 13.1. The summed E-state index contributed by atoms with van der Waals surface area (Å²) in [7, 11) is 0. The van der Waals surface area contributed by atoms with E-state index in [1.165, 1.54) is 67.4 Å². The highest BCUT2D eigenvalue weighted by Gasteiger charge is 2.24. The van der Waals surface area contributed by atoms with Gasteiger partial charge in [0.2, 0.25) is 0 Å². The number of pyridine rings is 1. The van der Waals surface area contributed by atoms with E-state index in [0.717, 1.165) is 22.6 Å². The van der Waals surface area contributed by atoms with Crippen LogP contribution in [0.2, 0.25) is 0 Å². The fourth-order valence-electron chi connectivity index (χ4n) is 4.23. The van der Waals surface area contributed by atoms with Crippen LogP contribution in [0.4, 0.5) is 0 Å². The molecule has 0 aliphatic heterocycles. The summed E-state index contributed by atoms with van der Waals surface area (Å²) in [5.74, 6) is 1.39. The zero-order valence-electron chi connectivity index (χ0n) is 15.0. The van der Waals surface area contributed by atoms with Gasteiger partial charge in [-0.25, -0.2) is 4.98 Å². The second-order valence-electron chi connectivity index (χ2n) is 7.90. The summed E-state index contributed by atoms with van der Waals surface area (Å²) in [6.45, 7) is 0.858. The third-order valence-corrected chi connectivity index (χ3v) is 6.82. The molecule has 0 amide bonds. The van der Waals surface area contributed by atoms with E-state index in [1.807, 2.05) is 4.57 Å². The van der Waals surface area contributed by atoms with Crippen LogP contribution in [0.5, 0.6) is 0 Å². The molecule has 0 atom stereocenters. The molecule has 134 valence electrons. The number of fused-ring (bicyclic) bond motifs is 1. The maximum atomic E-state index is 12.4. The van der Waals surface area contributed by atoms with Crippen LogP contribution in [0.3, 0.4) is 0 Å². The maximum absolute atomic E-state index is 12.4. The van der Waals surface area contributed by atoms with Gasteiger partial charge in [-0.2, -0.15) is 0 Å². The molecule has 0 unspecified atom stereocenters. The van der Waals surface area contributed by atoms with E-state index in [-0.39, 0.29) is 4.87 Å². The fraction of sp³-hybridized carbons (Fsp3) is 0.455. The minimum Gasteiger partial charge on any atom is -0.297 e. The Morgan fingerprint density at radius 1 is 1.04 bits per heavy atom. The highest BCUT2D eigenvalue weighted by Crippen LogP contribution is 2.35. The van der Waals surface area contributed by atoms with Gasteiger partial charge in [0.1, 0.15) is 4.83 Å². The molecule has 0 radical (unpaired) electrons. The highest BCUT2D eigenvalue weighted by molar-refractivity contribution is 7.16. The van der Waals surface area contributed by atoms with Crippen LogP contribution in [0.25, 0.3) is 21.6 Å². The number of hydrogen-bond acceptors (Lipinski definition) is 3. The molecule has 0 bridgehead atoms. The Labute approximate surface area is 157 Å². The lowest BCUT2D eigenvalue weighted by Gasteiger charge is -2.22. The van der Waals surface area contributed by atoms with Crippen molar-refractivity contribution >= 4 is 21.7 Å². The number of aromatic nitrogens is 2. The van der Waals surface area contributed by atoms with Gasteiger partial charge in [0, 0.05) is 12.1 Å². The number of hydrogen-bond donors (Lipinski definition) is 0. The standard InChI is InChI=1S/C22H24N2OS/c25-22-24(14-15-9-10-15)20-12-11-19(23-21(20)26-22)18-8-4-7-17(13-18)16-5-2-1-3-6-16/h4,7-8,11-13,15-16H,1-3,5-6,9-10,14H2. The molecule has 0 spiro atoms. The van der Waals surface area contributed by atoms with Gasteiger partial charge in [-0.3, -0.25) is 9.36 Å². The van der Waals surface area contributed by atoms with Gasteiger partial charge in [-0.05, 0) is 61.3 Å².